The van der Waals surface area contributed by atoms with Crippen molar-refractivity contribution < 1.29 is 27.6 Å². The number of nitrogens with two attached hydrogens (primary N) is 1. The van der Waals surface area contributed by atoms with Gasteiger partial charge in [-0.2, -0.15) is 13.2 Å². The van der Waals surface area contributed by atoms with Crippen molar-refractivity contribution >= 4 is 17.7 Å². The fourth-order valence-corrected chi connectivity index (χ4v) is 7.56. The monoisotopic (exact) mass is 691 g/mol. The number of piperidine rings is 1. The van der Waals surface area contributed by atoms with Gasteiger partial charge in [0.25, 0.3) is 0 Å². The molecule has 3 aromatic rings. The summed E-state index contributed by atoms with van der Waals surface area (Å²) in [4.78, 5) is 40.6. The molecule has 5 N–H and O–H groups in total. The van der Waals surface area contributed by atoms with Gasteiger partial charge >= 0.3 is 6.18 Å². The minimum absolute atomic E-state index is 0.0375. The second kappa shape index (κ2) is 17.1. The number of alkyl halides is 3. The maximum absolute atomic E-state index is 13.5. The summed E-state index contributed by atoms with van der Waals surface area (Å²) in [5.74, 6) is -1.14. The fourth-order valence-electron chi connectivity index (χ4n) is 7.56. The first kappa shape index (κ1) is 37.0. The van der Waals surface area contributed by atoms with Crippen LogP contribution >= 0.6 is 0 Å². The molecule has 3 amide bonds. The Morgan fingerprint density at radius 2 is 1.54 bits per heavy atom. The van der Waals surface area contributed by atoms with Gasteiger partial charge in [0.15, 0.2) is 0 Å². The van der Waals surface area contributed by atoms with Crippen LogP contribution in [0.25, 0.3) is 11.1 Å². The molecule has 5 rings (SSSR count). The zero-order valence-corrected chi connectivity index (χ0v) is 28.4. The third-order valence-electron chi connectivity index (χ3n) is 9.96. The van der Waals surface area contributed by atoms with Crippen LogP contribution in [-0.2, 0) is 26.3 Å². The summed E-state index contributed by atoms with van der Waals surface area (Å²) < 4.78 is 39.5. The highest BCUT2D eigenvalue weighted by molar-refractivity contribution is 5.90. The summed E-state index contributed by atoms with van der Waals surface area (Å²) in [5.41, 5.74) is 10.0. The van der Waals surface area contributed by atoms with Crippen molar-refractivity contribution in [2.45, 2.75) is 88.0 Å². The van der Waals surface area contributed by atoms with Crippen LogP contribution in [0.1, 0.15) is 74.5 Å². The maximum atomic E-state index is 13.5. The van der Waals surface area contributed by atoms with Crippen LogP contribution in [0.5, 0.6) is 0 Å². The lowest BCUT2D eigenvalue weighted by Gasteiger charge is -2.35. The molecule has 1 fully saturated rings. The van der Waals surface area contributed by atoms with Gasteiger partial charge in [-0.25, -0.2) is 0 Å². The second-order valence-electron chi connectivity index (χ2n) is 13.5. The Hall–Kier alpha value is -4.22. The molecule has 2 atom stereocenters. The number of fused-ring (bicyclic) bond motifs is 3. The highest BCUT2D eigenvalue weighted by atomic mass is 19.4. The number of hydrogen-bond donors (Lipinski definition) is 4. The van der Waals surface area contributed by atoms with Crippen molar-refractivity contribution in [3.63, 3.8) is 0 Å². The molecule has 0 spiro atoms. The molecule has 8 nitrogen and oxygen atoms in total. The maximum Gasteiger partial charge on any atom is 0.401 e. The van der Waals surface area contributed by atoms with Crippen LogP contribution in [-0.4, -0.2) is 67.1 Å². The van der Waals surface area contributed by atoms with E-state index in [2.05, 4.69) is 20.9 Å². The minimum Gasteiger partial charge on any atom is -0.370 e. The Bertz CT molecular complexity index is 1550. The summed E-state index contributed by atoms with van der Waals surface area (Å²) in [6.45, 7) is 0.862. The second-order valence-corrected chi connectivity index (χ2v) is 13.5. The lowest BCUT2D eigenvalue weighted by Crippen LogP contribution is -2.55. The molecule has 0 aromatic heterocycles. The van der Waals surface area contributed by atoms with Gasteiger partial charge in [-0.15, -0.1) is 0 Å². The molecule has 0 radical (unpaired) electrons. The van der Waals surface area contributed by atoms with Gasteiger partial charge in [0.1, 0.15) is 6.04 Å². The molecule has 1 heterocycles. The van der Waals surface area contributed by atoms with E-state index in [4.69, 9.17) is 5.73 Å². The highest BCUT2D eigenvalue weighted by Crippen LogP contribution is 2.51. The number of nitrogens with zero attached hydrogens (tertiary/aromatic N) is 1. The molecule has 11 heteroatoms. The number of likely N-dealkylation sites (tertiary alicyclic amines) is 1. The first-order chi connectivity index (χ1) is 24.1. The topological polar surface area (TPSA) is 117 Å². The third-order valence-corrected chi connectivity index (χ3v) is 9.96. The highest BCUT2D eigenvalue weighted by Gasteiger charge is 2.43. The zero-order valence-electron chi connectivity index (χ0n) is 28.4. The number of hydrogen-bond acceptors (Lipinski definition) is 5. The van der Waals surface area contributed by atoms with Crippen LogP contribution < -0.4 is 21.7 Å². The van der Waals surface area contributed by atoms with Crippen molar-refractivity contribution in [3.8, 4) is 11.1 Å². The van der Waals surface area contributed by atoms with Gasteiger partial charge in [-0.1, -0.05) is 98.1 Å². The van der Waals surface area contributed by atoms with E-state index in [1.165, 1.54) is 0 Å². The minimum atomic E-state index is -4.32. The molecule has 1 aliphatic carbocycles. The molecule has 2 unspecified atom stereocenters. The Kier molecular flexibility index (Phi) is 12.7. The van der Waals surface area contributed by atoms with E-state index in [9.17, 15) is 27.6 Å². The van der Waals surface area contributed by atoms with Gasteiger partial charge in [-0.05, 0) is 66.5 Å². The van der Waals surface area contributed by atoms with Crippen LogP contribution in [0, 0.1) is 0 Å². The van der Waals surface area contributed by atoms with Gasteiger partial charge in [0.2, 0.25) is 17.7 Å². The molecule has 50 heavy (non-hydrogen) atoms. The van der Waals surface area contributed by atoms with Crippen molar-refractivity contribution in [1.29, 1.82) is 0 Å². The molecule has 2 aliphatic rings. The number of nitrogens with one attached hydrogen (secondary N) is 3. The van der Waals surface area contributed by atoms with E-state index < -0.39 is 30.1 Å². The van der Waals surface area contributed by atoms with Crippen molar-refractivity contribution in [1.82, 2.24) is 20.9 Å². The number of carbonyl (C=O) groups is 3. The molecule has 1 saturated heterocycles. The van der Waals surface area contributed by atoms with Gasteiger partial charge < -0.3 is 21.7 Å². The standard InChI is InChI=1S/C39H48F3N5O3/c40-39(41,42)27-44-26-38(31-17-7-5-15-29(31)30-16-6-8-18-32(30)38)22-10-2-11-23-45-36(49)33(20-21-35(43)48)46-37(50)34-19-9-12-24-47(34)25-28-13-3-1-4-14-28/h1,3-8,13-18,33-34,44H,2,9-12,19-27H2,(H2,43,48)(H,45,49)(H,46,50). The van der Waals surface area contributed by atoms with E-state index in [1.807, 2.05) is 78.9 Å². The summed E-state index contributed by atoms with van der Waals surface area (Å²) in [7, 11) is 0. The first-order valence-corrected chi connectivity index (χ1v) is 17.7. The number of benzene rings is 3. The number of primary amides is 1. The Morgan fingerprint density at radius 3 is 2.20 bits per heavy atom. The van der Waals surface area contributed by atoms with Crippen molar-refractivity contribution in [2.24, 2.45) is 5.73 Å². The van der Waals surface area contributed by atoms with Crippen LogP contribution in [0.3, 0.4) is 0 Å². The Morgan fingerprint density at radius 1 is 0.880 bits per heavy atom. The van der Waals surface area contributed by atoms with E-state index in [0.29, 0.717) is 32.4 Å². The van der Waals surface area contributed by atoms with Crippen molar-refractivity contribution in [3.05, 3.63) is 95.6 Å². The first-order valence-electron chi connectivity index (χ1n) is 17.7. The summed E-state index contributed by atoms with van der Waals surface area (Å²) in [6.07, 6.45) is 1.09. The summed E-state index contributed by atoms with van der Waals surface area (Å²) >= 11 is 0. The molecule has 1 aliphatic heterocycles. The average molecular weight is 692 g/mol. The van der Waals surface area contributed by atoms with Gasteiger partial charge in [0, 0.05) is 31.5 Å². The van der Waals surface area contributed by atoms with Gasteiger partial charge in [0.05, 0.1) is 12.6 Å². The molecule has 0 bridgehead atoms. The largest absolute Gasteiger partial charge is 0.401 e. The number of halogens is 3. The predicted octanol–water partition coefficient (Wildman–Crippen LogP) is 5.59. The number of unbranched alkanes of at least 4 members (excludes halogenated alkanes) is 2. The van der Waals surface area contributed by atoms with E-state index in [0.717, 1.165) is 60.0 Å². The molecular weight excluding hydrogens is 643 g/mol. The number of amides is 3. The van der Waals surface area contributed by atoms with Crippen molar-refractivity contribution in [2.75, 3.05) is 26.2 Å². The summed E-state index contributed by atoms with van der Waals surface area (Å²) in [5, 5.41) is 8.53. The lowest BCUT2D eigenvalue weighted by atomic mass is 9.74. The molecule has 3 aromatic carbocycles. The fraction of sp³-hybridized carbons (Fsp3) is 0.462. The normalized spacial score (nSPS) is 17.4. The van der Waals surface area contributed by atoms with E-state index >= 15 is 0 Å². The van der Waals surface area contributed by atoms with E-state index in [-0.39, 0.29) is 37.2 Å². The quantitative estimate of drug-likeness (QED) is 0.138. The Balaban J connectivity index is 1.17. The predicted molar refractivity (Wildman–Crippen MR) is 188 cm³/mol. The van der Waals surface area contributed by atoms with Crippen LogP contribution in [0.15, 0.2) is 78.9 Å². The molecular formula is C39H48F3N5O3. The third kappa shape index (κ3) is 9.51. The number of rotatable bonds is 17. The molecule has 0 saturated carbocycles. The van der Waals surface area contributed by atoms with Crippen LogP contribution in [0.2, 0.25) is 0 Å². The zero-order chi connectivity index (χ0) is 35.6. The van der Waals surface area contributed by atoms with Gasteiger partial charge in [-0.3, -0.25) is 19.3 Å². The Labute approximate surface area is 292 Å². The average Bonchev–Trinajstić information content (AvgIpc) is 3.37. The molecule has 268 valence electrons. The number of carbonyl (C=O) groups excluding carboxylic acids is 3. The smallest absolute Gasteiger partial charge is 0.370 e. The van der Waals surface area contributed by atoms with E-state index in [1.54, 1.807) is 0 Å². The lowest BCUT2D eigenvalue weighted by molar-refractivity contribution is -0.133. The summed E-state index contributed by atoms with van der Waals surface area (Å²) in [6, 6.07) is 24.5. The van der Waals surface area contributed by atoms with Crippen LogP contribution in [0.4, 0.5) is 13.2 Å². The SMILES string of the molecule is NC(=O)CCC(NC(=O)C1CCCCN1Cc1ccccc1)C(=O)NCCCCCC1(CNCC(F)(F)F)c2ccccc2-c2ccccc21.